The molecule has 2 N–H and O–H groups in total. The molecule has 0 fully saturated rings. The van der Waals surface area contributed by atoms with Crippen LogP contribution in [0.15, 0.2) is 35.1 Å². The molecule has 0 spiro atoms. The molecule has 0 aliphatic rings. The Morgan fingerprint density at radius 1 is 1.39 bits per heavy atom. The summed E-state index contributed by atoms with van der Waals surface area (Å²) in [5.41, 5.74) is 8.73. The van der Waals surface area contributed by atoms with Crippen molar-refractivity contribution in [3.8, 4) is 0 Å². The van der Waals surface area contributed by atoms with E-state index < -0.39 is 0 Å². The molecule has 0 aliphatic heterocycles. The Hall–Kier alpha value is -2.30. The van der Waals surface area contributed by atoms with Gasteiger partial charge in [-0.1, -0.05) is 0 Å². The third-order valence-electron chi connectivity index (χ3n) is 3.03. The lowest BCUT2D eigenvalue weighted by Gasteiger charge is -2.04. The number of furan rings is 1. The van der Waals surface area contributed by atoms with Gasteiger partial charge in [-0.3, -0.25) is 4.57 Å². The van der Waals surface area contributed by atoms with Crippen LogP contribution in [0.3, 0.4) is 0 Å². The first-order valence-corrected chi connectivity index (χ1v) is 5.85. The van der Waals surface area contributed by atoms with Crippen molar-refractivity contribution in [1.29, 1.82) is 0 Å². The molecular formula is C13H14N4O. The van der Waals surface area contributed by atoms with Crippen LogP contribution in [0.1, 0.15) is 11.3 Å². The summed E-state index contributed by atoms with van der Waals surface area (Å²) in [6.07, 6.45) is 4.23. The number of aryl methyl sites for hydroxylation is 3. The molecule has 0 atom stereocenters. The molecule has 3 heterocycles. The molecule has 3 aromatic heterocycles. The summed E-state index contributed by atoms with van der Waals surface area (Å²) in [7, 11) is 0. The summed E-state index contributed by atoms with van der Waals surface area (Å²) < 4.78 is 7.23. The zero-order chi connectivity index (χ0) is 12.5. The van der Waals surface area contributed by atoms with E-state index in [1.54, 1.807) is 12.5 Å². The summed E-state index contributed by atoms with van der Waals surface area (Å²) in [4.78, 5) is 8.71. The van der Waals surface area contributed by atoms with Crippen molar-refractivity contribution in [1.82, 2.24) is 14.5 Å². The van der Waals surface area contributed by atoms with Crippen LogP contribution in [0, 0.1) is 6.92 Å². The molecule has 92 valence electrons. The van der Waals surface area contributed by atoms with Crippen molar-refractivity contribution >= 4 is 17.1 Å². The number of aromatic nitrogens is 3. The van der Waals surface area contributed by atoms with Crippen molar-refractivity contribution in [3.63, 3.8) is 0 Å². The van der Waals surface area contributed by atoms with E-state index in [1.807, 2.05) is 29.7 Å². The van der Waals surface area contributed by atoms with Gasteiger partial charge in [-0.2, -0.15) is 0 Å². The van der Waals surface area contributed by atoms with Crippen molar-refractivity contribution in [2.24, 2.45) is 0 Å². The number of hydrogen-bond donors (Lipinski definition) is 1. The van der Waals surface area contributed by atoms with Crippen molar-refractivity contribution in [3.05, 3.63) is 42.0 Å². The van der Waals surface area contributed by atoms with Crippen LogP contribution >= 0.6 is 0 Å². The van der Waals surface area contributed by atoms with Gasteiger partial charge in [0.05, 0.1) is 6.26 Å². The van der Waals surface area contributed by atoms with Crippen molar-refractivity contribution in [2.45, 2.75) is 19.9 Å². The van der Waals surface area contributed by atoms with Gasteiger partial charge in [0.2, 0.25) is 5.95 Å². The number of hydrogen-bond acceptors (Lipinski definition) is 4. The van der Waals surface area contributed by atoms with Crippen LogP contribution in [0.5, 0.6) is 0 Å². The Kier molecular flexibility index (Phi) is 2.51. The molecule has 5 nitrogen and oxygen atoms in total. The fourth-order valence-electron chi connectivity index (χ4n) is 2.05. The average Bonchev–Trinajstić information content (AvgIpc) is 2.95. The van der Waals surface area contributed by atoms with Crippen LogP contribution in [-0.4, -0.2) is 14.5 Å². The van der Waals surface area contributed by atoms with Crippen LogP contribution in [0.4, 0.5) is 5.95 Å². The highest BCUT2D eigenvalue weighted by Crippen LogP contribution is 2.19. The Bertz CT molecular complexity index is 670. The lowest BCUT2D eigenvalue weighted by Crippen LogP contribution is -2.06. The maximum Gasteiger partial charge on any atom is 0.202 e. The minimum absolute atomic E-state index is 0.498. The van der Waals surface area contributed by atoms with Crippen LogP contribution in [-0.2, 0) is 13.0 Å². The number of nitrogen functional groups attached to an aromatic ring is 1. The largest absolute Gasteiger partial charge is 0.469 e. The third-order valence-corrected chi connectivity index (χ3v) is 3.03. The van der Waals surface area contributed by atoms with Gasteiger partial charge in [0.15, 0.2) is 5.65 Å². The monoisotopic (exact) mass is 242 g/mol. The normalized spacial score (nSPS) is 11.2. The summed E-state index contributed by atoms with van der Waals surface area (Å²) in [5, 5.41) is 0. The maximum absolute atomic E-state index is 5.94. The number of nitrogens with zero attached hydrogens (tertiary/aromatic N) is 3. The van der Waals surface area contributed by atoms with Gasteiger partial charge in [-0.15, -0.1) is 0 Å². The number of pyridine rings is 1. The molecule has 0 bridgehead atoms. The first-order valence-electron chi connectivity index (χ1n) is 5.85. The highest BCUT2D eigenvalue weighted by atomic mass is 16.3. The SMILES string of the molecule is Cc1ccnc2c1nc(N)n2CCc1ccco1. The smallest absolute Gasteiger partial charge is 0.202 e. The van der Waals surface area contributed by atoms with Crippen LogP contribution in [0.2, 0.25) is 0 Å². The van der Waals surface area contributed by atoms with E-state index >= 15 is 0 Å². The number of anilines is 1. The Labute approximate surface area is 104 Å². The molecule has 0 aromatic carbocycles. The van der Waals surface area contributed by atoms with E-state index in [-0.39, 0.29) is 0 Å². The predicted molar refractivity (Wildman–Crippen MR) is 69.1 cm³/mol. The lowest BCUT2D eigenvalue weighted by atomic mass is 10.3. The van der Waals surface area contributed by atoms with Crippen LogP contribution < -0.4 is 5.73 Å². The summed E-state index contributed by atoms with van der Waals surface area (Å²) >= 11 is 0. The number of rotatable bonds is 3. The average molecular weight is 242 g/mol. The molecular weight excluding hydrogens is 228 g/mol. The molecule has 0 saturated carbocycles. The quantitative estimate of drug-likeness (QED) is 0.764. The van der Waals surface area contributed by atoms with Gasteiger partial charge in [0.1, 0.15) is 11.3 Å². The summed E-state index contributed by atoms with van der Waals surface area (Å²) in [6.45, 7) is 2.72. The first kappa shape index (κ1) is 10.8. The minimum Gasteiger partial charge on any atom is -0.469 e. The number of fused-ring (bicyclic) bond motifs is 1. The van der Waals surface area contributed by atoms with Gasteiger partial charge < -0.3 is 10.2 Å². The summed E-state index contributed by atoms with van der Waals surface area (Å²) in [5.74, 6) is 1.43. The highest BCUT2D eigenvalue weighted by Gasteiger charge is 2.11. The molecule has 0 amide bonds. The second kappa shape index (κ2) is 4.18. The Morgan fingerprint density at radius 2 is 2.28 bits per heavy atom. The van der Waals surface area contributed by atoms with Gasteiger partial charge >= 0.3 is 0 Å². The summed E-state index contributed by atoms with van der Waals surface area (Å²) in [6, 6.07) is 5.77. The van der Waals surface area contributed by atoms with Gasteiger partial charge in [0.25, 0.3) is 0 Å². The standard InChI is InChI=1S/C13H14N4O/c1-9-4-6-15-12-11(9)16-13(14)17(12)7-5-10-3-2-8-18-10/h2-4,6,8H,5,7H2,1H3,(H2,14,16). The van der Waals surface area contributed by atoms with E-state index in [0.717, 1.165) is 28.9 Å². The topological polar surface area (TPSA) is 69.9 Å². The molecule has 3 aromatic rings. The molecule has 5 heteroatoms. The molecule has 3 rings (SSSR count). The number of nitrogens with two attached hydrogens (primary N) is 1. The molecule has 0 radical (unpaired) electrons. The van der Waals surface area contributed by atoms with Crippen molar-refractivity contribution in [2.75, 3.05) is 5.73 Å². The zero-order valence-electron chi connectivity index (χ0n) is 10.1. The number of imidazole rings is 1. The van der Waals surface area contributed by atoms with Crippen LogP contribution in [0.25, 0.3) is 11.2 Å². The third kappa shape index (κ3) is 1.73. The first-order chi connectivity index (χ1) is 8.75. The van der Waals surface area contributed by atoms with E-state index in [9.17, 15) is 0 Å². The van der Waals surface area contributed by atoms with E-state index in [4.69, 9.17) is 10.2 Å². The lowest BCUT2D eigenvalue weighted by molar-refractivity contribution is 0.494. The second-order valence-electron chi connectivity index (χ2n) is 4.25. The van der Waals surface area contributed by atoms with Gasteiger partial charge in [-0.05, 0) is 30.7 Å². The predicted octanol–water partition coefficient (Wildman–Crippen LogP) is 2.16. The fourth-order valence-corrected chi connectivity index (χ4v) is 2.05. The Balaban J connectivity index is 1.96. The molecule has 0 aliphatic carbocycles. The molecule has 0 saturated heterocycles. The Morgan fingerprint density at radius 3 is 3.06 bits per heavy atom. The van der Waals surface area contributed by atoms with E-state index in [1.165, 1.54) is 0 Å². The van der Waals surface area contributed by atoms with Crippen molar-refractivity contribution < 1.29 is 4.42 Å². The van der Waals surface area contributed by atoms with Gasteiger partial charge in [0, 0.05) is 19.2 Å². The van der Waals surface area contributed by atoms with Gasteiger partial charge in [-0.25, -0.2) is 9.97 Å². The molecule has 18 heavy (non-hydrogen) atoms. The van der Waals surface area contributed by atoms with E-state index in [0.29, 0.717) is 12.5 Å². The zero-order valence-corrected chi connectivity index (χ0v) is 10.1. The minimum atomic E-state index is 0.498. The maximum atomic E-state index is 5.94. The van der Waals surface area contributed by atoms with E-state index in [2.05, 4.69) is 9.97 Å². The fraction of sp³-hybridized carbons (Fsp3) is 0.231. The second-order valence-corrected chi connectivity index (χ2v) is 4.25. The molecule has 0 unspecified atom stereocenters. The highest BCUT2D eigenvalue weighted by molar-refractivity contribution is 5.77.